The van der Waals surface area contributed by atoms with E-state index < -0.39 is 0 Å². The number of methoxy groups -OCH3 is 1. The molecule has 0 bridgehead atoms. The van der Waals surface area contributed by atoms with Crippen LogP contribution in [0.4, 0.5) is 5.82 Å². The summed E-state index contributed by atoms with van der Waals surface area (Å²) in [5.74, 6) is 1.16. The first-order valence-electron chi connectivity index (χ1n) is 10.8. The van der Waals surface area contributed by atoms with Gasteiger partial charge in [-0.1, -0.05) is 29.4 Å². The molecule has 0 saturated carbocycles. The summed E-state index contributed by atoms with van der Waals surface area (Å²) in [5, 5.41) is 4.22. The summed E-state index contributed by atoms with van der Waals surface area (Å²) >= 11 is 1.52. The first kappa shape index (κ1) is 24.8. The van der Waals surface area contributed by atoms with Crippen LogP contribution < -0.4 is 4.31 Å². The maximum atomic E-state index is 12.3. The lowest BCUT2D eigenvalue weighted by atomic mass is 9.97. The molecule has 7 nitrogen and oxygen atoms in total. The van der Waals surface area contributed by atoms with Crippen molar-refractivity contribution in [3.05, 3.63) is 64.9 Å². The monoisotopic (exact) mass is 470 g/mol. The molecule has 1 heterocycles. The van der Waals surface area contributed by atoms with Gasteiger partial charge in [0.05, 0.1) is 18.8 Å². The van der Waals surface area contributed by atoms with Crippen LogP contribution in [-0.2, 0) is 20.8 Å². The molecule has 0 spiro atoms. The van der Waals surface area contributed by atoms with Crippen LogP contribution in [0.2, 0.25) is 0 Å². The van der Waals surface area contributed by atoms with E-state index in [4.69, 9.17) is 18.7 Å². The number of aromatic nitrogens is 1. The second kappa shape index (κ2) is 11.9. The number of hydrogen-bond donors (Lipinski definition) is 0. The Morgan fingerprint density at radius 3 is 2.55 bits per heavy atom. The third kappa shape index (κ3) is 5.96. The number of nitrogens with zero attached hydrogens (tertiary/aromatic N) is 2. The van der Waals surface area contributed by atoms with Gasteiger partial charge < -0.3 is 18.7 Å². The maximum absolute atomic E-state index is 12.3. The zero-order valence-electron chi connectivity index (χ0n) is 19.7. The summed E-state index contributed by atoms with van der Waals surface area (Å²) in [6.07, 6.45) is 0. The Morgan fingerprint density at radius 2 is 1.88 bits per heavy atom. The van der Waals surface area contributed by atoms with E-state index in [1.54, 1.807) is 20.1 Å². The molecule has 0 N–H and O–H groups in total. The fourth-order valence-electron chi connectivity index (χ4n) is 3.30. The van der Waals surface area contributed by atoms with Gasteiger partial charge in [-0.15, -0.1) is 0 Å². The molecule has 3 aromatic rings. The summed E-state index contributed by atoms with van der Waals surface area (Å²) in [7, 11) is 1.65. The van der Waals surface area contributed by atoms with E-state index in [0.717, 1.165) is 38.7 Å². The molecular formula is C25H30N2O5S. The number of hydrogen-bond acceptors (Lipinski definition) is 8. The van der Waals surface area contributed by atoms with Gasteiger partial charge in [-0.25, -0.2) is 4.79 Å². The Bertz CT molecular complexity index is 1080. The average Bonchev–Trinajstić information content (AvgIpc) is 3.16. The van der Waals surface area contributed by atoms with Gasteiger partial charge in [0.2, 0.25) is 0 Å². The molecule has 176 valence electrons. The van der Waals surface area contributed by atoms with Crippen molar-refractivity contribution < 1.29 is 23.5 Å². The molecule has 0 aliphatic rings. The molecule has 1 aromatic heterocycles. The summed E-state index contributed by atoms with van der Waals surface area (Å²) in [4.78, 5) is 13.3. The smallest absolute Gasteiger partial charge is 0.338 e. The minimum atomic E-state index is -0.340. The molecule has 0 atom stereocenters. The second-order valence-electron chi connectivity index (χ2n) is 7.30. The van der Waals surface area contributed by atoms with E-state index in [1.165, 1.54) is 11.9 Å². The van der Waals surface area contributed by atoms with Gasteiger partial charge in [0.1, 0.15) is 12.5 Å². The van der Waals surface area contributed by atoms with Gasteiger partial charge in [0.25, 0.3) is 0 Å². The zero-order valence-corrected chi connectivity index (χ0v) is 20.5. The fourth-order valence-corrected chi connectivity index (χ4v) is 4.37. The van der Waals surface area contributed by atoms with E-state index in [1.807, 2.05) is 49.3 Å². The van der Waals surface area contributed by atoms with Crippen LogP contribution in [0.5, 0.6) is 0 Å². The number of carbonyl (C=O) groups excluding carboxylic acids is 1. The standard InChI is InChI=1S/C25H30N2O5S/c1-6-30-15-20-14-19(25(28)31-7-2)12-13-21(20)22-10-8-9-11-23(22)33-27(16-29-5)24-17(3)18(4)32-26-24/h8-14H,6-7,15-16H2,1-5H3. The van der Waals surface area contributed by atoms with Crippen LogP contribution in [-0.4, -0.2) is 38.2 Å². The highest BCUT2D eigenvalue weighted by atomic mass is 32.2. The summed E-state index contributed by atoms with van der Waals surface area (Å²) in [6.45, 7) is 9.24. The number of ether oxygens (including phenoxy) is 3. The van der Waals surface area contributed by atoms with Crippen molar-refractivity contribution in [2.75, 3.05) is 31.4 Å². The van der Waals surface area contributed by atoms with Crippen LogP contribution in [0.1, 0.15) is 41.1 Å². The predicted molar refractivity (Wildman–Crippen MR) is 129 cm³/mol. The highest BCUT2D eigenvalue weighted by Crippen LogP contribution is 2.38. The number of anilines is 1. The van der Waals surface area contributed by atoms with Crippen LogP contribution in [0.3, 0.4) is 0 Å². The molecule has 0 aliphatic carbocycles. The number of carbonyl (C=O) groups is 1. The third-order valence-electron chi connectivity index (χ3n) is 5.08. The van der Waals surface area contributed by atoms with Crippen molar-refractivity contribution in [2.45, 2.75) is 39.2 Å². The number of esters is 1. The molecule has 3 rings (SSSR count). The number of aryl methyl sites for hydroxylation is 1. The maximum Gasteiger partial charge on any atom is 0.338 e. The Balaban J connectivity index is 2.02. The summed E-state index contributed by atoms with van der Waals surface area (Å²) in [5.41, 5.74) is 4.40. The molecule has 0 saturated heterocycles. The molecule has 2 aromatic carbocycles. The van der Waals surface area contributed by atoms with Crippen LogP contribution in [0.25, 0.3) is 11.1 Å². The Kier molecular flexibility index (Phi) is 8.94. The largest absolute Gasteiger partial charge is 0.462 e. The Hall–Kier alpha value is -2.81. The fraction of sp³-hybridized carbons (Fsp3) is 0.360. The summed E-state index contributed by atoms with van der Waals surface area (Å²) in [6, 6.07) is 13.7. The van der Waals surface area contributed by atoms with Crippen molar-refractivity contribution in [3.63, 3.8) is 0 Å². The molecule has 0 unspecified atom stereocenters. The first-order chi connectivity index (χ1) is 16.0. The second-order valence-corrected chi connectivity index (χ2v) is 8.36. The van der Waals surface area contributed by atoms with E-state index >= 15 is 0 Å². The van der Waals surface area contributed by atoms with Gasteiger partial charge in [-0.3, -0.25) is 4.31 Å². The topological polar surface area (TPSA) is 74.0 Å². The van der Waals surface area contributed by atoms with Crippen molar-refractivity contribution in [1.29, 1.82) is 0 Å². The van der Waals surface area contributed by atoms with Gasteiger partial charge in [-0.2, -0.15) is 0 Å². The van der Waals surface area contributed by atoms with E-state index in [9.17, 15) is 4.79 Å². The molecule has 33 heavy (non-hydrogen) atoms. The Morgan fingerprint density at radius 1 is 1.09 bits per heavy atom. The molecule has 8 heteroatoms. The summed E-state index contributed by atoms with van der Waals surface area (Å²) < 4.78 is 23.7. The van der Waals surface area contributed by atoms with Crippen LogP contribution in [0, 0.1) is 13.8 Å². The molecule has 0 fully saturated rings. The van der Waals surface area contributed by atoms with E-state index in [0.29, 0.717) is 32.1 Å². The van der Waals surface area contributed by atoms with E-state index in [2.05, 4.69) is 17.3 Å². The molecule has 0 amide bonds. The lowest BCUT2D eigenvalue weighted by Crippen LogP contribution is -2.18. The quantitative estimate of drug-likeness (QED) is 0.198. The van der Waals surface area contributed by atoms with Crippen molar-refractivity contribution in [3.8, 4) is 11.1 Å². The van der Waals surface area contributed by atoms with E-state index in [-0.39, 0.29) is 5.97 Å². The molecule has 0 aliphatic heterocycles. The molecular weight excluding hydrogens is 440 g/mol. The third-order valence-corrected chi connectivity index (χ3v) is 6.13. The highest BCUT2D eigenvalue weighted by Gasteiger charge is 2.20. The van der Waals surface area contributed by atoms with Crippen molar-refractivity contribution >= 4 is 23.7 Å². The van der Waals surface area contributed by atoms with Gasteiger partial charge >= 0.3 is 5.97 Å². The molecule has 0 radical (unpaired) electrons. The van der Waals surface area contributed by atoms with Crippen LogP contribution >= 0.6 is 11.9 Å². The van der Waals surface area contributed by atoms with Gasteiger partial charge in [0.15, 0.2) is 5.82 Å². The number of benzene rings is 2. The zero-order chi connectivity index (χ0) is 23.8. The first-order valence-corrected chi connectivity index (χ1v) is 11.6. The average molecular weight is 471 g/mol. The number of rotatable bonds is 11. The minimum Gasteiger partial charge on any atom is -0.462 e. The Labute approximate surface area is 199 Å². The highest BCUT2D eigenvalue weighted by molar-refractivity contribution is 8.00. The van der Waals surface area contributed by atoms with Crippen molar-refractivity contribution in [2.24, 2.45) is 0 Å². The van der Waals surface area contributed by atoms with Gasteiger partial charge in [0, 0.05) is 24.2 Å². The normalized spacial score (nSPS) is 10.9. The minimum absolute atomic E-state index is 0.330. The predicted octanol–water partition coefficient (Wildman–Crippen LogP) is 5.79. The lowest BCUT2D eigenvalue weighted by molar-refractivity contribution is 0.0526. The lowest BCUT2D eigenvalue weighted by Gasteiger charge is -2.22. The SMILES string of the molecule is CCOCc1cc(C(=O)OCC)ccc1-c1ccccc1SN(COC)c1noc(C)c1C. The van der Waals surface area contributed by atoms with Gasteiger partial charge in [-0.05, 0) is 74.5 Å². The van der Waals surface area contributed by atoms with Crippen LogP contribution in [0.15, 0.2) is 51.9 Å². The van der Waals surface area contributed by atoms with Crippen molar-refractivity contribution in [1.82, 2.24) is 5.16 Å².